The van der Waals surface area contributed by atoms with Gasteiger partial charge in [0.05, 0.1) is 18.8 Å². The van der Waals surface area contributed by atoms with Crippen LogP contribution in [0.1, 0.15) is 12.0 Å². The number of rotatable bonds is 5. The number of hydrogen-bond donors (Lipinski definition) is 2. The van der Waals surface area contributed by atoms with Crippen molar-refractivity contribution in [2.24, 2.45) is 0 Å². The van der Waals surface area contributed by atoms with E-state index in [9.17, 15) is 4.79 Å². The first-order chi connectivity index (χ1) is 8.74. The molecule has 2 N–H and O–H groups in total. The lowest BCUT2D eigenvalue weighted by Gasteiger charge is -2.06. The summed E-state index contributed by atoms with van der Waals surface area (Å²) >= 11 is 0. The predicted molar refractivity (Wildman–Crippen MR) is 65.6 cm³/mol. The summed E-state index contributed by atoms with van der Waals surface area (Å²) in [4.78, 5) is 11.4. The van der Waals surface area contributed by atoms with Gasteiger partial charge in [-0.1, -0.05) is 0 Å². The SMILES string of the molecule is O=c1oc2cc(OCCCO)ccc2cc1CO. The van der Waals surface area contributed by atoms with E-state index in [1.807, 2.05) is 0 Å². The Labute approximate surface area is 103 Å². The van der Waals surface area contributed by atoms with Gasteiger partial charge in [-0.05, 0) is 18.2 Å². The van der Waals surface area contributed by atoms with Gasteiger partial charge in [0.15, 0.2) is 0 Å². The standard InChI is InChI=1S/C13H14O5/c14-4-1-5-17-11-3-2-9-6-10(8-15)13(16)18-12(9)7-11/h2-3,6-7,14-15H,1,4-5,8H2. The maximum atomic E-state index is 11.4. The highest BCUT2D eigenvalue weighted by atomic mass is 16.5. The second kappa shape index (κ2) is 5.66. The van der Waals surface area contributed by atoms with Crippen LogP contribution < -0.4 is 10.4 Å². The molecule has 1 aromatic heterocycles. The van der Waals surface area contributed by atoms with Gasteiger partial charge in [-0.2, -0.15) is 0 Å². The van der Waals surface area contributed by atoms with Crippen LogP contribution in [0.3, 0.4) is 0 Å². The second-order valence-electron chi connectivity index (χ2n) is 3.84. The van der Waals surface area contributed by atoms with Crippen molar-refractivity contribution in [1.82, 2.24) is 0 Å². The molecular formula is C13H14O5. The summed E-state index contributed by atoms with van der Waals surface area (Å²) in [5.41, 5.74) is 0.104. The zero-order valence-corrected chi connectivity index (χ0v) is 9.76. The molecule has 1 aromatic carbocycles. The van der Waals surface area contributed by atoms with Crippen molar-refractivity contribution in [3.05, 3.63) is 40.2 Å². The molecule has 5 heteroatoms. The quantitative estimate of drug-likeness (QED) is 0.612. The lowest BCUT2D eigenvalue weighted by atomic mass is 10.2. The van der Waals surface area contributed by atoms with Crippen LogP contribution in [0.25, 0.3) is 11.0 Å². The number of aliphatic hydroxyl groups excluding tert-OH is 2. The average Bonchev–Trinajstić information content (AvgIpc) is 2.38. The number of ether oxygens (including phenoxy) is 1. The van der Waals surface area contributed by atoms with Gasteiger partial charge < -0.3 is 19.4 Å². The van der Waals surface area contributed by atoms with Crippen LogP contribution in [0, 0.1) is 0 Å². The molecular weight excluding hydrogens is 236 g/mol. The summed E-state index contributed by atoms with van der Waals surface area (Å²) in [7, 11) is 0. The molecule has 0 amide bonds. The average molecular weight is 250 g/mol. The minimum atomic E-state index is -0.544. The number of hydrogen-bond acceptors (Lipinski definition) is 5. The van der Waals surface area contributed by atoms with Gasteiger partial charge in [-0.25, -0.2) is 4.79 Å². The van der Waals surface area contributed by atoms with Crippen molar-refractivity contribution in [3.63, 3.8) is 0 Å². The van der Waals surface area contributed by atoms with E-state index in [2.05, 4.69) is 0 Å². The van der Waals surface area contributed by atoms with Crippen LogP contribution >= 0.6 is 0 Å². The maximum Gasteiger partial charge on any atom is 0.341 e. The molecule has 0 fully saturated rings. The van der Waals surface area contributed by atoms with Gasteiger partial charge in [0.25, 0.3) is 0 Å². The first kappa shape index (κ1) is 12.6. The molecule has 0 radical (unpaired) electrons. The molecule has 5 nitrogen and oxygen atoms in total. The van der Waals surface area contributed by atoms with E-state index in [0.29, 0.717) is 24.4 Å². The van der Waals surface area contributed by atoms with Crippen LogP contribution in [0.15, 0.2) is 33.5 Å². The second-order valence-corrected chi connectivity index (χ2v) is 3.84. The smallest absolute Gasteiger partial charge is 0.341 e. The topological polar surface area (TPSA) is 79.9 Å². The highest BCUT2D eigenvalue weighted by molar-refractivity contribution is 5.78. The minimum Gasteiger partial charge on any atom is -0.493 e. The lowest BCUT2D eigenvalue weighted by Crippen LogP contribution is -2.06. The van der Waals surface area contributed by atoms with Gasteiger partial charge in [0, 0.05) is 24.5 Å². The fourth-order valence-corrected chi connectivity index (χ4v) is 1.59. The van der Waals surface area contributed by atoms with E-state index in [0.717, 1.165) is 5.39 Å². The van der Waals surface area contributed by atoms with Gasteiger partial charge in [-0.15, -0.1) is 0 Å². The summed E-state index contributed by atoms with van der Waals surface area (Å²) in [5.74, 6) is 0.579. The van der Waals surface area contributed by atoms with Crippen molar-refractivity contribution in [1.29, 1.82) is 0 Å². The van der Waals surface area contributed by atoms with Crippen molar-refractivity contribution in [2.75, 3.05) is 13.2 Å². The first-order valence-electron chi connectivity index (χ1n) is 5.66. The molecule has 0 aliphatic rings. The Bertz CT molecular complexity index is 587. The molecule has 0 aliphatic heterocycles. The van der Waals surface area contributed by atoms with Gasteiger partial charge in [0.1, 0.15) is 11.3 Å². The summed E-state index contributed by atoms with van der Waals surface area (Å²) in [5, 5.41) is 18.3. The molecule has 0 unspecified atom stereocenters. The lowest BCUT2D eigenvalue weighted by molar-refractivity contribution is 0.233. The molecule has 0 saturated heterocycles. The molecule has 2 rings (SSSR count). The normalized spacial score (nSPS) is 10.8. The van der Waals surface area contributed by atoms with E-state index < -0.39 is 5.63 Å². The van der Waals surface area contributed by atoms with Crippen molar-refractivity contribution in [2.45, 2.75) is 13.0 Å². The minimum absolute atomic E-state index is 0.0719. The molecule has 0 saturated carbocycles. The van der Waals surface area contributed by atoms with Crippen molar-refractivity contribution in [3.8, 4) is 5.75 Å². The molecule has 0 aliphatic carbocycles. The van der Waals surface area contributed by atoms with E-state index in [-0.39, 0.29) is 18.8 Å². The predicted octanol–water partition coefficient (Wildman–Crippen LogP) is 1.05. The third kappa shape index (κ3) is 2.69. The summed E-state index contributed by atoms with van der Waals surface area (Å²) in [6.07, 6.45) is 0.547. The fourth-order valence-electron chi connectivity index (χ4n) is 1.59. The van der Waals surface area contributed by atoms with Crippen molar-refractivity contribution >= 4 is 11.0 Å². The Morgan fingerprint density at radius 3 is 2.78 bits per heavy atom. The zero-order chi connectivity index (χ0) is 13.0. The Kier molecular flexibility index (Phi) is 3.96. The van der Waals surface area contributed by atoms with Crippen LogP contribution in [0.2, 0.25) is 0 Å². The van der Waals surface area contributed by atoms with E-state index >= 15 is 0 Å². The summed E-state index contributed by atoms with van der Waals surface area (Å²) in [6, 6.07) is 6.72. The molecule has 2 aromatic rings. The fraction of sp³-hybridized carbons (Fsp3) is 0.308. The highest BCUT2D eigenvalue weighted by Gasteiger charge is 2.05. The molecule has 1 heterocycles. The Balaban J connectivity index is 2.31. The molecule has 0 atom stereocenters. The third-order valence-electron chi connectivity index (χ3n) is 2.52. The molecule has 0 spiro atoms. The van der Waals surface area contributed by atoms with E-state index in [1.165, 1.54) is 0 Å². The number of benzene rings is 1. The number of fused-ring (bicyclic) bond motifs is 1. The van der Waals surface area contributed by atoms with E-state index in [1.54, 1.807) is 24.3 Å². The van der Waals surface area contributed by atoms with Crippen LogP contribution in [0.4, 0.5) is 0 Å². The molecule has 96 valence electrons. The Morgan fingerprint density at radius 2 is 2.06 bits per heavy atom. The molecule has 18 heavy (non-hydrogen) atoms. The van der Waals surface area contributed by atoms with Crippen LogP contribution in [-0.4, -0.2) is 23.4 Å². The van der Waals surface area contributed by atoms with Gasteiger partial charge >= 0.3 is 5.63 Å². The summed E-state index contributed by atoms with van der Waals surface area (Å²) in [6.45, 7) is 0.135. The van der Waals surface area contributed by atoms with Gasteiger partial charge in [0.2, 0.25) is 0 Å². The monoisotopic (exact) mass is 250 g/mol. The Hall–Kier alpha value is -1.85. The first-order valence-corrected chi connectivity index (χ1v) is 5.66. The maximum absolute atomic E-state index is 11.4. The third-order valence-corrected chi connectivity index (χ3v) is 2.52. The Morgan fingerprint density at radius 1 is 1.22 bits per heavy atom. The number of aliphatic hydroxyl groups is 2. The highest BCUT2D eigenvalue weighted by Crippen LogP contribution is 2.20. The van der Waals surface area contributed by atoms with Crippen LogP contribution in [-0.2, 0) is 6.61 Å². The summed E-state index contributed by atoms with van der Waals surface area (Å²) < 4.78 is 10.5. The van der Waals surface area contributed by atoms with Crippen LogP contribution in [0.5, 0.6) is 5.75 Å². The van der Waals surface area contributed by atoms with Gasteiger partial charge in [-0.3, -0.25) is 0 Å². The zero-order valence-electron chi connectivity index (χ0n) is 9.76. The largest absolute Gasteiger partial charge is 0.493 e. The van der Waals surface area contributed by atoms with E-state index in [4.69, 9.17) is 19.4 Å². The van der Waals surface area contributed by atoms with Crippen molar-refractivity contribution < 1.29 is 19.4 Å². The molecule has 0 bridgehead atoms.